The van der Waals surface area contributed by atoms with Crippen molar-refractivity contribution in [2.24, 2.45) is 5.73 Å². The van der Waals surface area contributed by atoms with Gasteiger partial charge in [-0.1, -0.05) is 43.2 Å². The second kappa shape index (κ2) is 10.2. The van der Waals surface area contributed by atoms with Crippen molar-refractivity contribution in [3.05, 3.63) is 35.9 Å². The van der Waals surface area contributed by atoms with Crippen molar-refractivity contribution >= 4 is 24.3 Å². The number of benzene rings is 1. The van der Waals surface area contributed by atoms with E-state index in [1.54, 1.807) is 0 Å². The molecule has 0 aromatic heterocycles. The van der Waals surface area contributed by atoms with E-state index >= 15 is 0 Å². The fourth-order valence-corrected chi connectivity index (χ4v) is 2.90. The number of amides is 3. The van der Waals surface area contributed by atoms with Gasteiger partial charge in [0.05, 0.1) is 0 Å². The second-order valence-electron chi connectivity index (χ2n) is 5.98. The zero-order valence-electron chi connectivity index (χ0n) is 13.8. The van der Waals surface area contributed by atoms with Crippen molar-refractivity contribution in [3.8, 4) is 0 Å². The van der Waals surface area contributed by atoms with Gasteiger partial charge in [-0.15, -0.1) is 12.4 Å². The Kier molecular flexibility index (Phi) is 8.57. The molecule has 0 saturated heterocycles. The van der Waals surface area contributed by atoms with Gasteiger partial charge in [-0.25, -0.2) is 4.79 Å². The Hall–Kier alpha value is -1.79. The largest absolute Gasteiger partial charge is 0.354 e. The summed E-state index contributed by atoms with van der Waals surface area (Å²) in [4.78, 5) is 24.6. The first-order chi connectivity index (χ1) is 11.2. The molecule has 0 spiro atoms. The first-order valence-corrected chi connectivity index (χ1v) is 8.24. The number of nitrogens with one attached hydrogen (secondary N) is 3. The number of carbonyl (C=O) groups excluding carboxylic acids is 2. The van der Waals surface area contributed by atoms with Crippen LogP contribution in [0.4, 0.5) is 4.79 Å². The lowest BCUT2D eigenvalue weighted by atomic mass is 9.96. The molecule has 1 aromatic carbocycles. The maximum Gasteiger partial charge on any atom is 0.315 e. The molecule has 0 atom stereocenters. The number of halogens is 1. The molecule has 7 heteroatoms. The fourth-order valence-electron chi connectivity index (χ4n) is 2.90. The lowest BCUT2D eigenvalue weighted by molar-refractivity contribution is -0.127. The quantitative estimate of drug-likeness (QED) is 0.561. The molecule has 24 heavy (non-hydrogen) atoms. The molecule has 0 radical (unpaired) electrons. The zero-order valence-corrected chi connectivity index (χ0v) is 14.7. The number of urea groups is 1. The monoisotopic (exact) mass is 354 g/mol. The van der Waals surface area contributed by atoms with Gasteiger partial charge in [-0.2, -0.15) is 0 Å². The zero-order chi connectivity index (χ0) is 16.5. The normalized spacial score (nSPS) is 15.2. The topological polar surface area (TPSA) is 96.2 Å². The average Bonchev–Trinajstić information content (AvgIpc) is 3.04. The first-order valence-electron chi connectivity index (χ1n) is 8.24. The number of carbonyl (C=O) groups is 2. The Bertz CT molecular complexity index is 519. The smallest absolute Gasteiger partial charge is 0.315 e. The fraction of sp³-hybridized carbons (Fsp3) is 0.529. The number of nitrogens with two attached hydrogens (primary N) is 1. The van der Waals surface area contributed by atoms with E-state index in [-0.39, 0.29) is 24.3 Å². The van der Waals surface area contributed by atoms with Crippen LogP contribution in [-0.4, -0.2) is 30.6 Å². The average molecular weight is 355 g/mol. The third-order valence-electron chi connectivity index (χ3n) is 4.21. The van der Waals surface area contributed by atoms with Gasteiger partial charge in [0.2, 0.25) is 5.91 Å². The summed E-state index contributed by atoms with van der Waals surface area (Å²) in [5.74, 6) is -0.0988. The van der Waals surface area contributed by atoms with Crippen LogP contribution in [0, 0.1) is 0 Å². The molecule has 1 aromatic rings. The summed E-state index contributed by atoms with van der Waals surface area (Å²) in [5.41, 5.74) is 5.69. The van der Waals surface area contributed by atoms with Crippen LogP contribution in [0.2, 0.25) is 0 Å². The molecule has 6 nitrogen and oxygen atoms in total. The van der Waals surface area contributed by atoms with Gasteiger partial charge in [-0.05, 0) is 31.4 Å². The van der Waals surface area contributed by atoms with Crippen molar-refractivity contribution < 1.29 is 9.59 Å². The lowest BCUT2D eigenvalue weighted by Gasteiger charge is -2.29. The third-order valence-corrected chi connectivity index (χ3v) is 4.21. The van der Waals surface area contributed by atoms with Crippen molar-refractivity contribution in [2.45, 2.75) is 44.2 Å². The van der Waals surface area contributed by atoms with E-state index < -0.39 is 5.54 Å². The minimum atomic E-state index is -0.782. The maximum atomic E-state index is 12.5. The molecule has 0 aliphatic heterocycles. The van der Waals surface area contributed by atoms with Gasteiger partial charge in [0.25, 0.3) is 0 Å². The van der Waals surface area contributed by atoms with Crippen molar-refractivity contribution in [3.63, 3.8) is 0 Å². The standard InChI is InChI=1S/C17H26N4O2.ClH/c18-11-6-12-19-15(22)17(9-4-5-10-17)21-16(23)20-13-14-7-2-1-3-8-14;/h1-3,7-8H,4-6,9-13,18H2,(H,19,22)(H2,20,21,23);1H. The Balaban J connectivity index is 0.00000288. The highest BCUT2D eigenvalue weighted by Crippen LogP contribution is 2.29. The molecule has 0 heterocycles. The molecule has 0 unspecified atom stereocenters. The summed E-state index contributed by atoms with van der Waals surface area (Å²) in [6.45, 7) is 1.53. The summed E-state index contributed by atoms with van der Waals surface area (Å²) >= 11 is 0. The summed E-state index contributed by atoms with van der Waals surface area (Å²) in [6.07, 6.45) is 4.00. The SMILES string of the molecule is Cl.NCCCNC(=O)C1(NC(=O)NCc2ccccc2)CCCC1. The van der Waals surface area contributed by atoms with Gasteiger partial charge in [-0.3, -0.25) is 4.79 Å². The molecule has 1 fully saturated rings. The molecule has 5 N–H and O–H groups in total. The molecular formula is C17H27ClN4O2. The van der Waals surface area contributed by atoms with Gasteiger partial charge in [0.1, 0.15) is 5.54 Å². The van der Waals surface area contributed by atoms with Crippen molar-refractivity contribution in [1.29, 1.82) is 0 Å². The highest BCUT2D eigenvalue weighted by Gasteiger charge is 2.42. The van der Waals surface area contributed by atoms with E-state index in [9.17, 15) is 9.59 Å². The molecule has 1 aliphatic carbocycles. The summed E-state index contributed by atoms with van der Waals surface area (Å²) < 4.78 is 0. The molecular weight excluding hydrogens is 328 g/mol. The number of hydrogen-bond acceptors (Lipinski definition) is 3. The van der Waals surface area contributed by atoms with Crippen LogP contribution in [-0.2, 0) is 11.3 Å². The number of rotatable bonds is 7. The molecule has 2 rings (SSSR count). The highest BCUT2D eigenvalue weighted by atomic mass is 35.5. The van der Waals surface area contributed by atoms with Crippen molar-refractivity contribution in [2.75, 3.05) is 13.1 Å². The van der Waals surface area contributed by atoms with Crippen LogP contribution in [0.3, 0.4) is 0 Å². The van der Waals surface area contributed by atoms with E-state index in [4.69, 9.17) is 5.73 Å². The van der Waals surface area contributed by atoms with Gasteiger partial charge >= 0.3 is 6.03 Å². The summed E-state index contributed by atoms with van der Waals surface area (Å²) in [7, 11) is 0. The van der Waals surface area contributed by atoms with Gasteiger partial charge in [0, 0.05) is 13.1 Å². The van der Waals surface area contributed by atoms with Crippen LogP contribution < -0.4 is 21.7 Å². The van der Waals surface area contributed by atoms with E-state index in [1.807, 2.05) is 30.3 Å². The van der Waals surface area contributed by atoms with Crippen LogP contribution in [0.25, 0.3) is 0 Å². The van der Waals surface area contributed by atoms with E-state index in [2.05, 4.69) is 16.0 Å². The Morgan fingerprint density at radius 1 is 1.08 bits per heavy atom. The molecule has 134 valence electrons. The predicted molar refractivity (Wildman–Crippen MR) is 96.9 cm³/mol. The van der Waals surface area contributed by atoms with E-state index in [0.29, 0.717) is 32.5 Å². The molecule has 3 amide bonds. The predicted octanol–water partition coefficient (Wildman–Crippen LogP) is 1.69. The van der Waals surface area contributed by atoms with E-state index in [1.165, 1.54) is 0 Å². The number of hydrogen-bond donors (Lipinski definition) is 4. The maximum absolute atomic E-state index is 12.5. The summed E-state index contributed by atoms with van der Waals surface area (Å²) in [5, 5.41) is 8.60. The second-order valence-corrected chi connectivity index (χ2v) is 5.98. The van der Waals surface area contributed by atoms with Crippen LogP contribution in [0.5, 0.6) is 0 Å². The Morgan fingerprint density at radius 3 is 2.38 bits per heavy atom. The van der Waals surface area contributed by atoms with Crippen LogP contribution in [0.15, 0.2) is 30.3 Å². The third kappa shape index (κ3) is 5.69. The minimum absolute atomic E-state index is 0. The van der Waals surface area contributed by atoms with Gasteiger partial charge in [0.15, 0.2) is 0 Å². The summed E-state index contributed by atoms with van der Waals surface area (Å²) in [6, 6.07) is 9.39. The van der Waals surface area contributed by atoms with Gasteiger partial charge < -0.3 is 21.7 Å². The van der Waals surface area contributed by atoms with E-state index in [0.717, 1.165) is 24.8 Å². The van der Waals surface area contributed by atoms with Crippen LogP contribution in [0.1, 0.15) is 37.7 Å². The van der Waals surface area contributed by atoms with Crippen LogP contribution >= 0.6 is 12.4 Å². The highest BCUT2D eigenvalue weighted by molar-refractivity contribution is 5.91. The molecule has 1 saturated carbocycles. The first kappa shape index (κ1) is 20.3. The lowest BCUT2D eigenvalue weighted by Crippen LogP contribution is -2.59. The van der Waals surface area contributed by atoms with Crippen molar-refractivity contribution in [1.82, 2.24) is 16.0 Å². The molecule has 1 aliphatic rings. The Labute approximate surface area is 149 Å². The molecule has 0 bridgehead atoms. The Morgan fingerprint density at radius 2 is 1.75 bits per heavy atom. The minimum Gasteiger partial charge on any atom is -0.354 e.